The molecule has 0 aliphatic rings. The van der Waals surface area contributed by atoms with E-state index >= 15 is 0 Å². The summed E-state index contributed by atoms with van der Waals surface area (Å²) < 4.78 is 1.09. The van der Waals surface area contributed by atoms with Gasteiger partial charge in [-0.1, -0.05) is 22.6 Å². The molecular formula is C5H8IN3. The zero-order chi connectivity index (χ0) is 6.69. The zero-order valence-corrected chi connectivity index (χ0v) is 7.34. The van der Waals surface area contributed by atoms with Crippen LogP contribution in [0.15, 0.2) is 0 Å². The average Bonchev–Trinajstić information content (AvgIpc) is 2.17. The van der Waals surface area contributed by atoms with Crippen molar-refractivity contribution in [3.63, 3.8) is 0 Å². The normalized spacial score (nSPS) is 10.0. The molecule has 0 atom stereocenters. The molecule has 1 heterocycles. The Bertz CT molecular complexity index is 184. The van der Waals surface area contributed by atoms with Crippen molar-refractivity contribution < 1.29 is 0 Å². The first-order valence-electron chi connectivity index (χ1n) is 2.77. The standard InChI is InChI=1S/C5H8IN3/c1-4-7-5(2-3-6)9-8-4/h2-3H2,1H3,(H,7,8,9). The smallest absolute Gasteiger partial charge is 0.131 e. The van der Waals surface area contributed by atoms with Crippen LogP contribution in [0.5, 0.6) is 0 Å². The van der Waals surface area contributed by atoms with E-state index in [1.165, 1.54) is 0 Å². The number of H-pyrrole nitrogens is 1. The summed E-state index contributed by atoms with van der Waals surface area (Å²) in [6.45, 7) is 1.91. The van der Waals surface area contributed by atoms with Gasteiger partial charge in [-0.25, -0.2) is 0 Å². The highest BCUT2D eigenvalue weighted by atomic mass is 127. The van der Waals surface area contributed by atoms with E-state index in [4.69, 9.17) is 0 Å². The lowest BCUT2D eigenvalue weighted by Crippen LogP contribution is -1.87. The molecule has 0 spiro atoms. The van der Waals surface area contributed by atoms with Crippen molar-refractivity contribution in [3.8, 4) is 0 Å². The molecule has 1 rings (SSSR count). The van der Waals surface area contributed by atoms with Gasteiger partial charge in [0.05, 0.1) is 0 Å². The SMILES string of the molecule is Cc1nnc(CCI)[nH]1. The van der Waals surface area contributed by atoms with Gasteiger partial charge >= 0.3 is 0 Å². The maximum absolute atomic E-state index is 3.90. The van der Waals surface area contributed by atoms with E-state index in [9.17, 15) is 0 Å². The molecule has 0 bridgehead atoms. The number of aromatic nitrogens is 3. The van der Waals surface area contributed by atoms with Gasteiger partial charge in [0, 0.05) is 10.8 Å². The molecule has 1 N–H and O–H groups in total. The van der Waals surface area contributed by atoms with Gasteiger partial charge in [0.15, 0.2) is 0 Å². The number of nitrogens with one attached hydrogen (secondary N) is 1. The molecule has 0 aromatic carbocycles. The van der Waals surface area contributed by atoms with Crippen LogP contribution >= 0.6 is 22.6 Å². The Morgan fingerprint density at radius 2 is 2.33 bits per heavy atom. The molecule has 3 nitrogen and oxygen atoms in total. The lowest BCUT2D eigenvalue weighted by atomic mass is 10.5. The molecule has 0 saturated carbocycles. The molecule has 0 radical (unpaired) electrons. The highest BCUT2D eigenvalue weighted by Gasteiger charge is 1.94. The van der Waals surface area contributed by atoms with Crippen molar-refractivity contribution in [1.29, 1.82) is 0 Å². The molecule has 0 amide bonds. The molecular weight excluding hydrogens is 229 g/mol. The molecule has 0 aliphatic heterocycles. The molecule has 0 fully saturated rings. The van der Waals surface area contributed by atoms with Crippen LogP contribution in [0, 0.1) is 6.92 Å². The quantitative estimate of drug-likeness (QED) is 0.617. The van der Waals surface area contributed by atoms with Crippen LogP contribution in [0.1, 0.15) is 11.6 Å². The fourth-order valence-corrected chi connectivity index (χ4v) is 1.11. The fraction of sp³-hybridized carbons (Fsp3) is 0.600. The molecule has 50 valence electrons. The van der Waals surface area contributed by atoms with Crippen LogP contribution in [0.4, 0.5) is 0 Å². The summed E-state index contributed by atoms with van der Waals surface area (Å²) >= 11 is 2.31. The first-order valence-corrected chi connectivity index (χ1v) is 4.29. The van der Waals surface area contributed by atoms with E-state index in [-0.39, 0.29) is 0 Å². The molecule has 1 aromatic rings. The van der Waals surface area contributed by atoms with Crippen molar-refractivity contribution in [2.75, 3.05) is 4.43 Å². The fourth-order valence-electron chi connectivity index (χ4n) is 0.596. The second-order valence-corrected chi connectivity index (χ2v) is 2.87. The summed E-state index contributed by atoms with van der Waals surface area (Å²) in [4.78, 5) is 3.05. The van der Waals surface area contributed by atoms with Crippen molar-refractivity contribution in [3.05, 3.63) is 11.6 Å². The van der Waals surface area contributed by atoms with Crippen LogP contribution in [0.3, 0.4) is 0 Å². The van der Waals surface area contributed by atoms with E-state index in [1.807, 2.05) is 6.92 Å². The Morgan fingerprint density at radius 3 is 2.78 bits per heavy atom. The van der Waals surface area contributed by atoms with Crippen molar-refractivity contribution in [1.82, 2.24) is 15.2 Å². The van der Waals surface area contributed by atoms with Gasteiger partial charge < -0.3 is 4.98 Å². The molecule has 9 heavy (non-hydrogen) atoms. The summed E-state index contributed by atoms with van der Waals surface area (Å²) in [5, 5.41) is 7.72. The molecule has 4 heteroatoms. The number of hydrogen-bond acceptors (Lipinski definition) is 2. The van der Waals surface area contributed by atoms with Crippen LogP contribution < -0.4 is 0 Å². The number of hydrogen-bond donors (Lipinski definition) is 1. The maximum Gasteiger partial charge on any atom is 0.131 e. The van der Waals surface area contributed by atoms with Gasteiger partial charge in [-0.3, -0.25) is 0 Å². The highest BCUT2D eigenvalue weighted by Crippen LogP contribution is 1.94. The third-order valence-corrected chi connectivity index (χ3v) is 1.52. The second kappa shape index (κ2) is 3.14. The number of nitrogens with zero attached hydrogens (tertiary/aromatic N) is 2. The Hall–Kier alpha value is -0.130. The number of aryl methyl sites for hydroxylation is 2. The number of alkyl halides is 1. The van der Waals surface area contributed by atoms with Crippen molar-refractivity contribution >= 4 is 22.6 Å². The summed E-state index contributed by atoms with van der Waals surface area (Å²) in [6, 6.07) is 0. The minimum absolute atomic E-state index is 0.898. The Kier molecular flexibility index (Phi) is 2.44. The van der Waals surface area contributed by atoms with E-state index in [2.05, 4.69) is 37.8 Å². The molecule has 0 saturated heterocycles. The van der Waals surface area contributed by atoms with Crippen molar-refractivity contribution in [2.45, 2.75) is 13.3 Å². The Labute approximate surface area is 67.4 Å². The number of rotatable bonds is 2. The van der Waals surface area contributed by atoms with Gasteiger partial charge in [0.2, 0.25) is 0 Å². The monoisotopic (exact) mass is 237 g/mol. The van der Waals surface area contributed by atoms with Crippen molar-refractivity contribution in [2.24, 2.45) is 0 Å². The second-order valence-electron chi connectivity index (χ2n) is 1.80. The minimum atomic E-state index is 0.898. The average molecular weight is 237 g/mol. The third-order valence-electron chi connectivity index (χ3n) is 0.977. The number of aromatic amines is 1. The maximum atomic E-state index is 3.90. The van der Waals surface area contributed by atoms with E-state index in [0.29, 0.717) is 0 Å². The predicted molar refractivity (Wildman–Crippen MR) is 43.7 cm³/mol. The van der Waals surface area contributed by atoms with Crippen LogP contribution in [0.2, 0.25) is 0 Å². The number of halogens is 1. The first kappa shape index (κ1) is 6.98. The largest absolute Gasteiger partial charge is 0.329 e. The van der Waals surface area contributed by atoms with Crippen LogP contribution in [-0.4, -0.2) is 19.6 Å². The lowest BCUT2D eigenvalue weighted by Gasteiger charge is -1.84. The van der Waals surface area contributed by atoms with Gasteiger partial charge in [0.25, 0.3) is 0 Å². The summed E-state index contributed by atoms with van der Waals surface area (Å²) in [5.41, 5.74) is 0. The third kappa shape index (κ3) is 1.92. The minimum Gasteiger partial charge on any atom is -0.329 e. The Balaban J connectivity index is 2.61. The summed E-state index contributed by atoms with van der Waals surface area (Å²) in [6.07, 6.45) is 0.988. The zero-order valence-electron chi connectivity index (χ0n) is 5.19. The van der Waals surface area contributed by atoms with Gasteiger partial charge in [-0.15, -0.1) is 10.2 Å². The molecule has 0 unspecified atom stereocenters. The van der Waals surface area contributed by atoms with E-state index in [0.717, 1.165) is 22.5 Å². The molecule has 1 aromatic heterocycles. The van der Waals surface area contributed by atoms with Gasteiger partial charge in [-0.2, -0.15) is 0 Å². The first-order chi connectivity index (χ1) is 4.33. The summed E-state index contributed by atoms with van der Waals surface area (Å²) in [5.74, 6) is 1.89. The summed E-state index contributed by atoms with van der Waals surface area (Å²) in [7, 11) is 0. The predicted octanol–water partition coefficient (Wildman–Crippen LogP) is 1.09. The van der Waals surface area contributed by atoms with E-state index < -0.39 is 0 Å². The Morgan fingerprint density at radius 1 is 1.56 bits per heavy atom. The van der Waals surface area contributed by atoms with Crippen LogP contribution in [0.25, 0.3) is 0 Å². The van der Waals surface area contributed by atoms with Gasteiger partial charge in [0.1, 0.15) is 11.6 Å². The topological polar surface area (TPSA) is 41.6 Å². The van der Waals surface area contributed by atoms with Crippen LogP contribution in [-0.2, 0) is 6.42 Å². The lowest BCUT2D eigenvalue weighted by molar-refractivity contribution is 0.959. The van der Waals surface area contributed by atoms with E-state index in [1.54, 1.807) is 0 Å². The highest BCUT2D eigenvalue weighted by molar-refractivity contribution is 14.1. The van der Waals surface area contributed by atoms with Gasteiger partial charge in [-0.05, 0) is 6.92 Å². The molecule has 0 aliphatic carbocycles.